The first-order valence-corrected chi connectivity index (χ1v) is 5.95. The molecule has 0 saturated heterocycles. The van der Waals surface area contributed by atoms with Crippen LogP contribution in [0.25, 0.3) is 0 Å². The summed E-state index contributed by atoms with van der Waals surface area (Å²) in [4.78, 5) is 13.3. The number of anilines is 1. The molecule has 0 aliphatic rings. The fourth-order valence-electron chi connectivity index (χ4n) is 1.23. The van der Waals surface area contributed by atoms with Crippen molar-refractivity contribution >= 4 is 22.4 Å². The zero-order valence-corrected chi connectivity index (χ0v) is 10.7. The largest absolute Gasteiger partial charge is 0.481 e. The van der Waals surface area contributed by atoms with E-state index in [0.717, 1.165) is 6.20 Å². The van der Waals surface area contributed by atoms with Gasteiger partial charge in [0.2, 0.25) is 0 Å². The lowest BCUT2D eigenvalue weighted by atomic mass is 9.99. The van der Waals surface area contributed by atoms with E-state index in [2.05, 4.69) is 10.3 Å². The van der Waals surface area contributed by atoms with Crippen molar-refractivity contribution in [2.45, 2.75) is 38.4 Å². The molecule has 18 heavy (non-hydrogen) atoms. The molecule has 0 radical (unpaired) electrons. The van der Waals surface area contributed by atoms with E-state index < -0.39 is 22.6 Å². The first kappa shape index (κ1) is 14.7. The molecule has 8 heteroatoms. The number of thiazole rings is 1. The van der Waals surface area contributed by atoms with Crippen molar-refractivity contribution in [3.63, 3.8) is 0 Å². The molecule has 1 aromatic heterocycles. The van der Waals surface area contributed by atoms with Crippen molar-refractivity contribution in [2.24, 2.45) is 0 Å². The maximum absolute atomic E-state index is 12.4. The molecule has 0 atom stereocenters. The molecule has 102 valence electrons. The summed E-state index contributed by atoms with van der Waals surface area (Å²) in [6, 6.07) is 0. The van der Waals surface area contributed by atoms with Crippen LogP contribution in [0.15, 0.2) is 6.20 Å². The van der Waals surface area contributed by atoms with E-state index in [9.17, 15) is 18.0 Å². The van der Waals surface area contributed by atoms with Crippen LogP contribution in [0.1, 0.15) is 31.6 Å². The second-order valence-electron chi connectivity index (χ2n) is 4.43. The number of nitrogens with one attached hydrogen (secondary N) is 1. The smallest absolute Gasteiger partial charge is 0.427 e. The standard InChI is InChI=1S/C10H13F3N2O2S/c1-9(2,4-3-7(16)17)15-8-14-5-6(18-8)10(11,12)13/h5H,3-4H2,1-2H3,(H,14,15)(H,16,17). The molecule has 0 bridgehead atoms. The van der Waals surface area contributed by atoms with Crippen LogP contribution in [-0.2, 0) is 11.0 Å². The second kappa shape index (κ2) is 5.13. The summed E-state index contributed by atoms with van der Waals surface area (Å²) in [5.41, 5.74) is -0.626. The lowest BCUT2D eigenvalue weighted by Crippen LogP contribution is -2.31. The quantitative estimate of drug-likeness (QED) is 0.870. The molecule has 0 unspecified atom stereocenters. The number of halogens is 3. The molecule has 0 fully saturated rings. The first-order valence-electron chi connectivity index (χ1n) is 5.13. The molecule has 0 aromatic carbocycles. The average Bonchev–Trinajstić information content (AvgIpc) is 2.62. The van der Waals surface area contributed by atoms with Gasteiger partial charge in [0.05, 0.1) is 6.20 Å². The molecule has 0 amide bonds. The Labute approximate surface area is 106 Å². The van der Waals surface area contributed by atoms with Crippen LogP contribution < -0.4 is 5.32 Å². The van der Waals surface area contributed by atoms with Crippen molar-refractivity contribution in [2.75, 3.05) is 5.32 Å². The highest BCUT2D eigenvalue weighted by Crippen LogP contribution is 2.36. The van der Waals surface area contributed by atoms with E-state index in [4.69, 9.17) is 5.11 Å². The van der Waals surface area contributed by atoms with Crippen LogP contribution in [0, 0.1) is 0 Å². The lowest BCUT2D eigenvalue weighted by Gasteiger charge is -2.25. The predicted molar refractivity (Wildman–Crippen MR) is 61.7 cm³/mol. The van der Waals surface area contributed by atoms with Crippen LogP contribution in [0.3, 0.4) is 0 Å². The normalized spacial score (nSPS) is 12.5. The lowest BCUT2D eigenvalue weighted by molar-refractivity contribution is -0.137. The van der Waals surface area contributed by atoms with Crippen LogP contribution >= 0.6 is 11.3 Å². The molecule has 0 aliphatic carbocycles. The molecular formula is C10H13F3N2O2S. The number of rotatable bonds is 5. The van der Waals surface area contributed by atoms with Gasteiger partial charge in [-0.1, -0.05) is 11.3 Å². The van der Waals surface area contributed by atoms with Crippen molar-refractivity contribution in [1.29, 1.82) is 0 Å². The van der Waals surface area contributed by atoms with E-state index in [1.54, 1.807) is 13.8 Å². The Kier molecular flexibility index (Phi) is 4.20. The van der Waals surface area contributed by atoms with Crippen molar-refractivity contribution in [3.8, 4) is 0 Å². The van der Waals surface area contributed by atoms with Gasteiger partial charge >= 0.3 is 12.1 Å². The van der Waals surface area contributed by atoms with Gasteiger partial charge in [0, 0.05) is 12.0 Å². The van der Waals surface area contributed by atoms with E-state index >= 15 is 0 Å². The Hall–Kier alpha value is -1.31. The minimum absolute atomic E-state index is 0.0580. The zero-order chi connectivity index (χ0) is 14.0. The maximum atomic E-state index is 12.4. The monoisotopic (exact) mass is 282 g/mol. The summed E-state index contributed by atoms with van der Waals surface area (Å²) in [6.07, 6.45) is -3.40. The van der Waals surface area contributed by atoms with Gasteiger partial charge in [-0.25, -0.2) is 4.98 Å². The third-order valence-corrected chi connectivity index (χ3v) is 3.15. The Bertz CT molecular complexity index is 429. The highest BCUT2D eigenvalue weighted by Gasteiger charge is 2.33. The Morgan fingerprint density at radius 3 is 2.56 bits per heavy atom. The third kappa shape index (κ3) is 4.52. The summed E-state index contributed by atoms with van der Waals surface area (Å²) in [5, 5.41) is 11.5. The van der Waals surface area contributed by atoms with Gasteiger partial charge < -0.3 is 10.4 Å². The number of hydrogen-bond donors (Lipinski definition) is 2. The van der Waals surface area contributed by atoms with Gasteiger partial charge in [-0.3, -0.25) is 4.79 Å². The summed E-state index contributed by atoms with van der Waals surface area (Å²) in [5.74, 6) is -0.944. The molecule has 1 aromatic rings. The number of alkyl halides is 3. The summed E-state index contributed by atoms with van der Waals surface area (Å²) >= 11 is 0.506. The number of hydrogen-bond acceptors (Lipinski definition) is 4. The van der Waals surface area contributed by atoms with Gasteiger partial charge in [0.1, 0.15) is 4.88 Å². The number of nitrogens with zero attached hydrogens (tertiary/aromatic N) is 1. The number of aromatic nitrogens is 1. The number of carboxylic acid groups (broad SMARTS) is 1. The van der Waals surface area contributed by atoms with E-state index in [0.29, 0.717) is 17.8 Å². The number of carboxylic acids is 1. The summed E-state index contributed by atoms with van der Waals surface area (Å²) < 4.78 is 37.1. The molecule has 4 nitrogen and oxygen atoms in total. The van der Waals surface area contributed by atoms with Crippen LogP contribution in [0.2, 0.25) is 0 Å². The summed E-state index contributed by atoms with van der Waals surface area (Å²) in [7, 11) is 0. The van der Waals surface area contributed by atoms with Gasteiger partial charge in [0.15, 0.2) is 5.13 Å². The average molecular weight is 282 g/mol. The van der Waals surface area contributed by atoms with Crippen LogP contribution in [0.4, 0.5) is 18.3 Å². The van der Waals surface area contributed by atoms with Gasteiger partial charge in [0.25, 0.3) is 0 Å². The number of aliphatic carboxylic acids is 1. The first-order chi connectivity index (χ1) is 8.10. The molecule has 2 N–H and O–H groups in total. The minimum atomic E-state index is -4.40. The molecule has 0 saturated carbocycles. The van der Waals surface area contributed by atoms with Crippen molar-refractivity contribution in [1.82, 2.24) is 4.98 Å². The molecule has 0 aliphatic heterocycles. The van der Waals surface area contributed by atoms with E-state index in [-0.39, 0.29) is 11.6 Å². The molecule has 1 heterocycles. The second-order valence-corrected chi connectivity index (χ2v) is 5.46. The molecule has 0 spiro atoms. The zero-order valence-electron chi connectivity index (χ0n) is 9.84. The Morgan fingerprint density at radius 1 is 1.50 bits per heavy atom. The van der Waals surface area contributed by atoms with Gasteiger partial charge in [-0.15, -0.1) is 0 Å². The third-order valence-electron chi connectivity index (χ3n) is 2.19. The summed E-state index contributed by atoms with van der Waals surface area (Å²) in [6.45, 7) is 3.43. The topological polar surface area (TPSA) is 62.2 Å². The van der Waals surface area contributed by atoms with Crippen LogP contribution in [-0.4, -0.2) is 21.6 Å². The van der Waals surface area contributed by atoms with Crippen molar-refractivity contribution < 1.29 is 23.1 Å². The Balaban J connectivity index is 2.66. The highest BCUT2D eigenvalue weighted by molar-refractivity contribution is 7.15. The number of carbonyl (C=O) groups is 1. The fourth-order valence-corrected chi connectivity index (χ4v) is 2.10. The van der Waals surface area contributed by atoms with Gasteiger partial charge in [-0.2, -0.15) is 13.2 Å². The maximum Gasteiger partial charge on any atom is 0.427 e. The SMILES string of the molecule is CC(C)(CCC(=O)O)Nc1ncc(C(F)(F)F)s1. The van der Waals surface area contributed by atoms with Crippen LogP contribution in [0.5, 0.6) is 0 Å². The molecule has 1 rings (SSSR count). The highest BCUT2D eigenvalue weighted by atomic mass is 32.1. The van der Waals surface area contributed by atoms with E-state index in [1.165, 1.54) is 0 Å². The fraction of sp³-hybridized carbons (Fsp3) is 0.600. The van der Waals surface area contributed by atoms with E-state index in [1.807, 2.05) is 0 Å². The van der Waals surface area contributed by atoms with Gasteiger partial charge in [-0.05, 0) is 20.3 Å². The Morgan fingerprint density at radius 2 is 2.11 bits per heavy atom. The minimum Gasteiger partial charge on any atom is -0.481 e. The van der Waals surface area contributed by atoms with Crippen molar-refractivity contribution in [3.05, 3.63) is 11.1 Å². The predicted octanol–water partition coefficient (Wildman–Crippen LogP) is 3.22. The molecular weight excluding hydrogens is 269 g/mol.